The zero-order valence-electron chi connectivity index (χ0n) is 12.3. The number of piperidine rings is 1. The Balaban J connectivity index is 2.25. The maximum Gasteiger partial charge on any atom is 0.243 e. The molecule has 1 aromatic carbocycles. The zero-order valence-corrected chi connectivity index (χ0v) is 13.1. The summed E-state index contributed by atoms with van der Waals surface area (Å²) in [6, 6.07) is 6.52. The summed E-state index contributed by atoms with van der Waals surface area (Å²) in [7, 11) is -3.42. The first-order valence-corrected chi connectivity index (χ1v) is 8.53. The molecule has 1 fully saturated rings. The van der Waals surface area contributed by atoms with Crippen LogP contribution in [-0.2, 0) is 10.0 Å². The van der Waals surface area contributed by atoms with Gasteiger partial charge in [-0.2, -0.15) is 4.31 Å². The summed E-state index contributed by atoms with van der Waals surface area (Å²) in [6.45, 7) is 7.02. The van der Waals surface area contributed by atoms with Crippen LogP contribution in [0.15, 0.2) is 29.2 Å². The predicted molar refractivity (Wildman–Crippen MR) is 78.8 cm³/mol. The van der Waals surface area contributed by atoms with E-state index in [2.05, 4.69) is 13.8 Å². The number of rotatable bonds is 3. The highest BCUT2D eigenvalue weighted by atomic mass is 32.2. The fourth-order valence-corrected chi connectivity index (χ4v) is 4.55. The van der Waals surface area contributed by atoms with Gasteiger partial charge in [0.25, 0.3) is 0 Å². The molecule has 2 rings (SSSR count). The number of benzene rings is 1. The molecular formula is C15H23NO3S. The first-order chi connectivity index (χ1) is 9.30. The highest BCUT2D eigenvalue weighted by Crippen LogP contribution is 2.27. The number of aliphatic hydroxyl groups excluding tert-OH is 1. The fourth-order valence-electron chi connectivity index (χ4n) is 2.87. The topological polar surface area (TPSA) is 57.6 Å². The predicted octanol–water partition coefficient (Wildman–Crippen LogP) is 2.41. The third-order valence-electron chi connectivity index (χ3n) is 3.84. The minimum Gasteiger partial charge on any atom is -0.389 e. The Morgan fingerprint density at radius 1 is 1.15 bits per heavy atom. The van der Waals surface area contributed by atoms with Gasteiger partial charge in [-0.05, 0) is 42.9 Å². The lowest BCUT2D eigenvalue weighted by molar-refractivity contribution is 0.199. The molecule has 1 saturated heterocycles. The minimum atomic E-state index is -3.42. The average Bonchev–Trinajstić information content (AvgIpc) is 2.37. The van der Waals surface area contributed by atoms with Gasteiger partial charge in [-0.15, -0.1) is 0 Å². The molecule has 0 saturated carbocycles. The van der Waals surface area contributed by atoms with Crippen molar-refractivity contribution < 1.29 is 13.5 Å². The van der Waals surface area contributed by atoms with E-state index in [1.54, 1.807) is 35.5 Å². The van der Waals surface area contributed by atoms with Crippen molar-refractivity contribution in [3.05, 3.63) is 29.8 Å². The maximum absolute atomic E-state index is 12.6. The second-order valence-electron chi connectivity index (χ2n) is 6.01. The second-order valence-corrected chi connectivity index (χ2v) is 7.95. The number of sulfonamides is 1. The summed E-state index contributed by atoms with van der Waals surface area (Å²) >= 11 is 0. The van der Waals surface area contributed by atoms with Gasteiger partial charge in [0.05, 0.1) is 11.0 Å². The van der Waals surface area contributed by atoms with E-state index in [1.165, 1.54) is 0 Å². The van der Waals surface area contributed by atoms with Crippen LogP contribution in [0, 0.1) is 11.8 Å². The second kappa shape index (κ2) is 5.84. The smallest absolute Gasteiger partial charge is 0.243 e. The fraction of sp³-hybridized carbons (Fsp3) is 0.600. The molecule has 1 aliphatic heterocycles. The van der Waals surface area contributed by atoms with Gasteiger partial charge < -0.3 is 5.11 Å². The van der Waals surface area contributed by atoms with Gasteiger partial charge in [-0.1, -0.05) is 26.0 Å². The number of aliphatic hydroxyl groups is 1. The molecule has 0 spiro atoms. The molecule has 0 amide bonds. The highest BCUT2D eigenvalue weighted by molar-refractivity contribution is 7.89. The van der Waals surface area contributed by atoms with Gasteiger partial charge in [0, 0.05) is 13.1 Å². The molecule has 112 valence electrons. The van der Waals surface area contributed by atoms with Gasteiger partial charge in [-0.3, -0.25) is 0 Å². The molecule has 3 unspecified atom stereocenters. The molecule has 20 heavy (non-hydrogen) atoms. The number of hydrogen-bond acceptors (Lipinski definition) is 3. The third kappa shape index (κ3) is 3.22. The molecule has 5 heteroatoms. The van der Waals surface area contributed by atoms with Crippen LogP contribution in [-0.4, -0.2) is 30.9 Å². The minimum absolute atomic E-state index is 0.309. The van der Waals surface area contributed by atoms with Gasteiger partial charge in [-0.25, -0.2) is 8.42 Å². The average molecular weight is 297 g/mol. The van der Waals surface area contributed by atoms with Crippen LogP contribution in [0.1, 0.15) is 38.9 Å². The molecule has 0 aromatic heterocycles. The van der Waals surface area contributed by atoms with Crippen LogP contribution in [0.3, 0.4) is 0 Å². The van der Waals surface area contributed by atoms with Crippen molar-refractivity contribution in [1.29, 1.82) is 0 Å². The first kappa shape index (κ1) is 15.5. The van der Waals surface area contributed by atoms with E-state index in [0.717, 1.165) is 12.0 Å². The first-order valence-electron chi connectivity index (χ1n) is 7.09. The van der Waals surface area contributed by atoms with E-state index in [-0.39, 0.29) is 0 Å². The van der Waals surface area contributed by atoms with Crippen LogP contribution in [0.25, 0.3) is 0 Å². The number of hydrogen-bond donors (Lipinski definition) is 1. The molecule has 0 radical (unpaired) electrons. The van der Waals surface area contributed by atoms with Crippen molar-refractivity contribution in [3.8, 4) is 0 Å². The van der Waals surface area contributed by atoms with E-state index in [9.17, 15) is 13.5 Å². The summed E-state index contributed by atoms with van der Waals surface area (Å²) in [5.41, 5.74) is 0.726. The molecular weight excluding hydrogens is 274 g/mol. The van der Waals surface area contributed by atoms with E-state index in [0.29, 0.717) is 29.8 Å². The Bertz CT molecular complexity index is 541. The van der Waals surface area contributed by atoms with Crippen molar-refractivity contribution in [2.75, 3.05) is 13.1 Å². The van der Waals surface area contributed by atoms with Crippen LogP contribution in [0.2, 0.25) is 0 Å². The Morgan fingerprint density at radius 3 is 2.10 bits per heavy atom. The molecule has 1 aromatic rings. The van der Waals surface area contributed by atoms with E-state index in [4.69, 9.17) is 0 Å². The molecule has 0 bridgehead atoms. The molecule has 3 atom stereocenters. The van der Waals surface area contributed by atoms with Crippen molar-refractivity contribution in [1.82, 2.24) is 4.31 Å². The highest BCUT2D eigenvalue weighted by Gasteiger charge is 2.31. The monoisotopic (exact) mass is 297 g/mol. The molecule has 4 nitrogen and oxygen atoms in total. The van der Waals surface area contributed by atoms with E-state index < -0.39 is 16.1 Å². The summed E-state index contributed by atoms with van der Waals surface area (Å²) in [6.07, 6.45) is 0.495. The van der Waals surface area contributed by atoms with Gasteiger partial charge >= 0.3 is 0 Å². The van der Waals surface area contributed by atoms with Crippen molar-refractivity contribution in [3.63, 3.8) is 0 Å². The van der Waals surface area contributed by atoms with Crippen LogP contribution >= 0.6 is 0 Å². The Hall–Kier alpha value is -0.910. The summed E-state index contributed by atoms with van der Waals surface area (Å²) in [5.74, 6) is 0.788. The van der Waals surface area contributed by atoms with Crippen LogP contribution in [0.5, 0.6) is 0 Å². The normalized spacial score (nSPS) is 26.4. The van der Waals surface area contributed by atoms with Crippen LogP contribution in [0.4, 0.5) is 0 Å². The molecule has 0 aliphatic carbocycles. The lowest BCUT2D eigenvalue weighted by Crippen LogP contribution is -2.42. The van der Waals surface area contributed by atoms with Gasteiger partial charge in [0.2, 0.25) is 10.0 Å². The lowest BCUT2D eigenvalue weighted by atomic mass is 9.94. The maximum atomic E-state index is 12.6. The van der Waals surface area contributed by atoms with Gasteiger partial charge in [0.15, 0.2) is 0 Å². The zero-order chi connectivity index (χ0) is 14.9. The summed E-state index contributed by atoms with van der Waals surface area (Å²) in [4.78, 5) is 0.309. The Morgan fingerprint density at radius 2 is 1.65 bits per heavy atom. The molecule has 1 N–H and O–H groups in total. The van der Waals surface area contributed by atoms with Gasteiger partial charge in [0.1, 0.15) is 0 Å². The SMILES string of the molecule is CC1CC(C)CN(S(=O)(=O)c2ccc(C(C)O)cc2)C1. The third-order valence-corrected chi connectivity index (χ3v) is 5.68. The number of nitrogens with zero attached hydrogens (tertiary/aromatic N) is 1. The lowest BCUT2D eigenvalue weighted by Gasteiger charge is -2.34. The van der Waals surface area contributed by atoms with Crippen molar-refractivity contribution in [2.24, 2.45) is 11.8 Å². The van der Waals surface area contributed by atoms with Crippen molar-refractivity contribution >= 4 is 10.0 Å². The van der Waals surface area contributed by atoms with Crippen LogP contribution < -0.4 is 0 Å². The molecule has 1 aliphatic rings. The standard InChI is InChI=1S/C15H23NO3S/c1-11-8-12(2)10-16(9-11)20(18,19)15-6-4-14(5-7-15)13(3)17/h4-7,11-13,17H,8-10H2,1-3H3. The molecule has 1 heterocycles. The Kier molecular flexibility index (Phi) is 4.52. The Labute approximate surface area is 121 Å². The van der Waals surface area contributed by atoms with E-state index >= 15 is 0 Å². The quantitative estimate of drug-likeness (QED) is 0.932. The summed E-state index contributed by atoms with van der Waals surface area (Å²) < 4.78 is 26.8. The largest absolute Gasteiger partial charge is 0.389 e. The van der Waals surface area contributed by atoms with Crippen molar-refractivity contribution in [2.45, 2.75) is 38.2 Å². The summed E-state index contributed by atoms with van der Waals surface area (Å²) in [5, 5.41) is 9.48. The van der Waals surface area contributed by atoms with E-state index in [1.807, 2.05) is 0 Å².